The van der Waals surface area contributed by atoms with Crippen LogP contribution in [0.1, 0.15) is 50.5 Å². The number of nitrogens with one attached hydrogen (secondary N) is 1. The third kappa shape index (κ3) is 3.72. The molecule has 8 heteroatoms. The highest BCUT2D eigenvalue weighted by molar-refractivity contribution is 5.91. The van der Waals surface area contributed by atoms with Crippen LogP contribution >= 0.6 is 0 Å². The molecule has 3 aromatic heterocycles. The molecule has 1 aliphatic rings. The highest BCUT2D eigenvalue weighted by atomic mass is 16.5. The largest absolute Gasteiger partial charge is 0.461 e. The molecule has 4 aromatic rings. The van der Waals surface area contributed by atoms with Gasteiger partial charge in [-0.25, -0.2) is 4.98 Å². The Morgan fingerprint density at radius 2 is 1.97 bits per heavy atom. The van der Waals surface area contributed by atoms with Crippen LogP contribution < -0.4 is 5.32 Å². The maximum atomic E-state index is 12.7. The van der Waals surface area contributed by atoms with Crippen molar-refractivity contribution >= 4 is 22.9 Å². The van der Waals surface area contributed by atoms with Gasteiger partial charge in [-0.2, -0.15) is 4.98 Å². The van der Waals surface area contributed by atoms with Gasteiger partial charge in [0.1, 0.15) is 0 Å². The zero-order valence-corrected chi connectivity index (χ0v) is 16.6. The van der Waals surface area contributed by atoms with E-state index in [2.05, 4.69) is 31.1 Å². The van der Waals surface area contributed by atoms with Crippen LogP contribution in [0, 0.1) is 0 Å². The van der Waals surface area contributed by atoms with E-state index in [0.717, 1.165) is 23.9 Å². The highest BCUT2D eigenvalue weighted by Crippen LogP contribution is 2.34. The number of imidazole rings is 1. The van der Waals surface area contributed by atoms with Gasteiger partial charge in [0, 0.05) is 18.9 Å². The zero-order chi connectivity index (χ0) is 20.3. The Bertz CT molecular complexity index is 1140. The number of carbonyl (C=O) groups is 1. The van der Waals surface area contributed by atoms with Crippen LogP contribution in [0.4, 0.5) is 5.95 Å². The van der Waals surface area contributed by atoms with E-state index < -0.39 is 0 Å². The average Bonchev–Trinajstić information content (AvgIpc) is 3.52. The number of nitrogens with zero attached hydrogens (tertiary/aromatic N) is 4. The smallest absolute Gasteiger partial charge is 0.238 e. The maximum absolute atomic E-state index is 12.7. The van der Waals surface area contributed by atoms with E-state index in [4.69, 9.17) is 8.94 Å². The summed E-state index contributed by atoms with van der Waals surface area (Å²) in [6.45, 7) is 0. The van der Waals surface area contributed by atoms with Crippen LogP contribution in [-0.4, -0.2) is 25.6 Å². The number of hydrogen-bond acceptors (Lipinski definition) is 6. The van der Waals surface area contributed by atoms with Crippen molar-refractivity contribution < 1.29 is 13.7 Å². The number of anilines is 1. The molecule has 1 saturated carbocycles. The lowest BCUT2D eigenvalue weighted by Gasteiger charge is -2.25. The van der Waals surface area contributed by atoms with Gasteiger partial charge in [-0.15, -0.1) is 0 Å². The molecule has 0 aliphatic heterocycles. The molecule has 1 N–H and O–H groups in total. The fourth-order valence-corrected chi connectivity index (χ4v) is 4.11. The summed E-state index contributed by atoms with van der Waals surface area (Å²) in [4.78, 5) is 21.6. The number of benzene rings is 1. The van der Waals surface area contributed by atoms with Gasteiger partial charge >= 0.3 is 0 Å². The van der Waals surface area contributed by atoms with Crippen LogP contribution in [0.3, 0.4) is 0 Å². The van der Waals surface area contributed by atoms with E-state index in [1.807, 2.05) is 18.2 Å². The molecule has 30 heavy (non-hydrogen) atoms. The number of fused-ring (bicyclic) bond motifs is 1. The van der Waals surface area contributed by atoms with Gasteiger partial charge < -0.3 is 13.5 Å². The Labute approximate surface area is 173 Å². The zero-order valence-electron chi connectivity index (χ0n) is 16.6. The normalized spacial score (nSPS) is 14.9. The van der Waals surface area contributed by atoms with E-state index >= 15 is 0 Å². The lowest BCUT2D eigenvalue weighted by Crippen LogP contribution is -2.20. The summed E-state index contributed by atoms with van der Waals surface area (Å²) in [6.07, 6.45) is 8.05. The Morgan fingerprint density at radius 3 is 2.80 bits per heavy atom. The van der Waals surface area contributed by atoms with Crippen LogP contribution in [0.5, 0.6) is 0 Å². The molecular weight excluding hydrogens is 382 g/mol. The molecule has 3 heterocycles. The number of furan rings is 1. The van der Waals surface area contributed by atoms with Crippen molar-refractivity contribution in [2.75, 3.05) is 5.32 Å². The first-order valence-electron chi connectivity index (χ1n) is 10.4. The topological polar surface area (TPSA) is 99.0 Å². The number of hydrogen-bond donors (Lipinski definition) is 1. The van der Waals surface area contributed by atoms with Crippen LogP contribution in [-0.2, 0) is 11.2 Å². The average molecular weight is 405 g/mol. The molecule has 1 amide bonds. The second-order valence-electron chi connectivity index (χ2n) is 7.62. The Morgan fingerprint density at radius 1 is 1.10 bits per heavy atom. The summed E-state index contributed by atoms with van der Waals surface area (Å²) >= 11 is 0. The van der Waals surface area contributed by atoms with Gasteiger partial charge in [0.15, 0.2) is 5.76 Å². The van der Waals surface area contributed by atoms with Crippen molar-refractivity contribution in [1.82, 2.24) is 19.7 Å². The Balaban J connectivity index is 1.30. The molecule has 0 saturated heterocycles. The van der Waals surface area contributed by atoms with Crippen LogP contribution in [0.15, 0.2) is 51.6 Å². The molecule has 0 spiro atoms. The van der Waals surface area contributed by atoms with Gasteiger partial charge in [-0.3, -0.25) is 10.1 Å². The fraction of sp³-hybridized carbons (Fsp3) is 0.364. The second kappa shape index (κ2) is 8.14. The lowest BCUT2D eigenvalue weighted by molar-refractivity contribution is -0.116. The molecule has 1 aliphatic carbocycles. The SMILES string of the molecule is O=C(CCc1nc(-c2ccco2)no1)Nc1nc2ccccc2n1C1CCCCC1. The first kappa shape index (κ1) is 18.6. The van der Waals surface area contributed by atoms with Crippen LogP contribution in [0.25, 0.3) is 22.6 Å². The summed E-state index contributed by atoms with van der Waals surface area (Å²) < 4.78 is 12.7. The minimum atomic E-state index is -0.125. The molecule has 1 aromatic carbocycles. The molecule has 0 atom stereocenters. The molecule has 0 bridgehead atoms. The second-order valence-corrected chi connectivity index (χ2v) is 7.62. The van der Waals surface area contributed by atoms with E-state index in [1.165, 1.54) is 19.3 Å². The minimum Gasteiger partial charge on any atom is -0.461 e. The van der Waals surface area contributed by atoms with Crippen molar-refractivity contribution in [2.45, 2.75) is 51.0 Å². The fourth-order valence-electron chi connectivity index (χ4n) is 4.11. The molecule has 0 unspecified atom stereocenters. The lowest BCUT2D eigenvalue weighted by atomic mass is 9.95. The molecule has 8 nitrogen and oxygen atoms in total. The third-order valence-electron chi connectivity index (χ3n) is 5.56. The summed E-state index contributed by atoms with van der Waals surface area (Å²) in [7, 11) is 0. The van der Waals surface area contributed by atoms with Crippen LogP contribution in [0.2, 0.25) is 0 Å². The predicted octanol–water partition coefficient (Wildman–Crippen LogP) is 4.76. The van der Waals surface area contributed by atoms with Gasteiger partial charge in [-0.05, 0) is 37.1 Å². The molecule has 0 radical (unpaired) electrons. The number of amides is 1. The molecule has 154 valence electrons. The van der Waals surface area contributed by atoms with E-state index in [1.54, 1.807) is 18.4 Å². The summed E-state index contributed by atoms with van der Waals surface area (Å²) in [5, 5.41) is 6.90. The Kier molecular flexibility index (Phi) is 5.04. The van der Waals surface area contributed by atoms with Crippen molar-refractivity contribution in [2.24, 2.45) is 0 Å². The number of aryl methyl sites for hydroxylation is 1. The van der Waals surface area contributed by atoms with Crippen molar-refractivity contribution in [1.29, 1.82) is 0 Å². The van der Waals surface area contributed by atoms with Gasteiger partial charge in [0.2, 0.25) is 23.6 Å². The standard InChI is InChI=1S/C22H23N5O3/c28-19(12-13-20-25-21(26-30-20)18-11-6-14-29-18)24-22-23-16-9-4-5-10-17(16)27(22)15-7-2-1-3-8-15/h4-6,9-11,14-15H,1-3,7-8,12-13H2,(H,23,24,28). The summed E-state index contributed by atoms with van der Waals surface area (Å²) in [5.74, 6) is 1.82. The van der Waals surface area contributed by atoms with E-state index in [0.29, 0.717) is 35.9 Å². The number of rotatable bonds is 6. The third-order valence-corrected chi connectivity index (χ3v) is 5.56. The highest BCUT2D eigenvalue weighted by Gasteiger charge is 2.22. The summed E-state index contributed by atoms with van der Waals surface area (Å²) in [5.41, 5.74) is 1.97. The summed E-state index contributed by atoms with van der Waals surface area (Å²) in [6, 6.07) is 11.9. The number of carbonyl (C=O) groups excluding carboxylic acids is 1. The Hall–Kier alpha value is -3.42. The van der Waals surface area contributed by atoms with Gasteiger partial charge in [-0.1, -0.05) is 36.6 Å². The number of para-hydroxylation sites is 2. The molecule has 5 rings (SSSR count). The minimum absolute atomic E-state index is 0.125. The maximum Gasteiger partial charge on any atom is 0.238 e. The van der Waals surface area contributed by atoms with Gasteiger partial charge in [0.05, 0.1) is 17.3 Å². The van der Waals surface area contributed by atoms with Crippen molar-refractivity contribution in [3.05, 3.63) is 48.6 Å². The van der Waals surface area contributed by atoms with Crippen molar-refractivity contribution in [3.63, 3.8) is 0 Å². The van der Waals surface area contributed by atoms with Gasteiger partial charge in [0.25, 0.3) is 0 Å². The first-order chi connectivity index (χ1) is 14.8. The van der Waals surface area contributed by atoms with Crippen molar-refractivity contribution in [3.8, 4) is 11.6 Å². The van der Waals surface area contributed by atoms with E-state index in [-0.39, 0.29) is 12.3 Å². The monoisotopic (exact) mass is 405 g/mol. The van der Waals surface area contributed by atoms with E-state index in [9.17, 15) is 4.79 Å². The number of aromatic nitrogens is 4. The quantitative estimate of drug-likeness (QED) is 0.497. The molecule has 1 fully saturated rings. The first-order valence-corrected chi connectivity index (χ1v) is 10.4. The predicted molar refractivity (Wildman–Crippen MR) is 111 cm³/mol. The molecular formula is C22H23N5O3.